The maximum absolute atomic E-state index is 14.5. The predicted molar refractivity (Wildman–Crippen MR) is 121 cm³/mol. The van der Waals surface area contributed by atoms with Crippen molar-refractivity contribution in [1.82, 2.24) is 4.98 Å². The number of carboxylic acid groups (broad SMARTS) is 1. The Morgan fingerprint density at radius 1 is 1.06 bits per heavy atom. The summed E-state index contributed by atoms with van der Waals surface area (Å²) in [5.41, 5.74) is 1.62. The number of thiazole rings is 1. The zero-order valence-corrected chi connectivity index (χ0v) is 18.3. The van der Waals surface area contributed by atoms with Crippen LogP contribution in [0.3, 0.4) is 0 Å². The fraction of sp³-hybridized carbons (Fsp3) is 0.167. The molecule has 0 amide bonds. The van der Waals surface area contributed by atoms with E-state index in [9.17, 15) is 18.0 Å². The van der Waals surface area contributed by atoms with Crippen molar-refractivity contribution >= 4 is 32.7 Å². The zero-order chi connectivity index (χ0) is 23.5. The Hall–Kier alpha value is -3.59. The van der Waals surface area contributed by atoms with Crippen molar-refractivity contribution in [3.05, 3.63) is 88.7 Å². The van der Waals surface area contributed by atoms with E-state index in [4.69, 9.17) is 9.84 Å². The van der Waals surface area contributed by atoms with Crippen molar-refractivity contribution in [2.24, 2.45) is 0 Å². The molecule has 0 unspecified atom stereocenters. The van der Waals surface area contributed by atoms with E-state index < -0.39 is 17.6 Å². The highest BCUT2D eigenvalue weighted by molar-refractivity contribution is 7.22. The first kappa shape index (κ1) is 22.6. The number of rotatable bonds is 8. The quantitative estimate of drug-likeness (QED) is 0.358. The van der Waals surface area contributed by atoms with Crippen LogP contribution >= 0.6 is 11.3 Å². The molecule has 1 heterocycles. The van der Waals surface area contributed by atoms with Gasteiger partial charge in [-0.05, 0) is 47.9 Å². The summed E-state index contributed by atoms with van der Waals surface area (Å²) in [6.45, 7) is 0.590. The molecule has 0 aliphatic rings. The average Bonchev–Trinajstić information content (AvgIpc) is 3.25. The monoisotopic (exact) mass is 472 g/mol. The summed E-state index contributed by atoms with van der Waals surface area (Å²) in [7, 11) is 1.27. The number of methoxy groups -OCH3 is 1. The lowest BCUT2D eigenvalue weighted by molar-refractivity contribution is 0.0697. The lowest BCUT2D eigenvalue weighted by Gasteiger charge is -2.22. The molecule has 9 heteroatoms. The van der Waals surface area contributed by atoms with Crippen LogP contribution in [0.2, 0.25) is 0 Å². The van der Waals surface area contributed by atoms with Crippen LogP contribution in [-0.2, 0) is 13.0 Å². The van der Waals surface area contributed by atoms with Gasteiger partial charge in [-0.2, -0.15) is 4.39 Å². The van der Waals surface area contributed by atoms with E-state index in [2.05, 4.69) is 4.98 Å². The van der Waals surface area contributed by atoms with Gasteiger partial charge in [-0.15, -0.1) is 0 Å². The second-order valence-corrected chi connectivity index (χ2v) is 8.29. The third kappa shape index (κ3) is 4.78. The van der Waals surface area contributed by atoms with Crippen LogP contribution in [-0.4, -0.2) is 29.7 Å². The largest absolute Gasteiger partial charge is 0.494 e. The number of aromatic nitrogens is 1. The molecule has 0 saturated carbocycles. The molecule has 33 heavy (non-hydrogen) atoms. The molecule has 0 aliphatic heterocycles. The number of hydrogen-bond donors (Lipinski definition) is 1. The van der Waals surface area contributed by atoms with Crippen molar-refractivity contribution in [1.29, 1.82) is 0 Å². The summed E-state index contributed by atoms with van der Waals surface area (Å²) in [5.74, 6) is -3.61. The normalized spacial score (nSPS) is 11.0. The average molecular weight is 472 g/mol. The second-order valence-electron chi connectivity index (χ2n) is 7.31. The summed E-state index contributed by atoms with van der Waals surface area (Å²) >= 11 is 1.17. The molecular weight excluding hydrogens is 453 g/mol. The molecule has 0 radical (unpaired) electrons. The number of carbonyl (C=O) groups is 1. The third-order valence-electron chi connectivity index (χ3n) is 5.20. The molecule has 0 aliphatic carbocycles. The zero-order valence-electron chi connectivity index (χ0n) is 17.5. The van der Waals surface area contributed by atoms with Crippen molar-refractivity contribution in [3.63, 3.8) is 0 Å². The van der Waals surface area contributed by atoms with Gasteiger partial charge in [-0.1, -0.05) is 35.6 Å². The van der Waals surface area contributed by atoms with Gasteiger partial charge in [0.25, 0.3) is 0 Å². The highest BCUT2D eigenvalue weighted by Crippen LogP contribution is 2.32. The van der Waals surface area contributed by atoms with Gasteiger partial charge < -0.3 is 14.7 Å². The smallest absolute Gasteiger partial charge is 0.335 e. The van der Waals surface area contributed by atoms with Crippen LogP contribution in [0.15, 0.2) is 54.6 Å². The van der Waals surface area contributed by atoms with E-state index in [-0.39, 0.29) is 35.7 Å². The lowest BCUT2D eigenvalue weighted by Crippen LogP contribution is -2.25. The molecule has 0 bridgehead atoms. The third-order valence-corrected chi connectivity index (χ3v) is 6.34. The van der Waals surface area contributed by atoms with Crippen LogP contribution in [0, 0.1) is 17.5 Å². The standard InChI is InChI=1S/C24H19F3N2O3S/c1-32-19-10-9-15(20(26)21(19)27)11-12-29(13-14-5-7-16(8-6-14)23(30)31)24-28-18-4-2-3-17(25)22(18)33-24/h2-10H,11-13H2,1H3,(H,30,31). The molecule has 1 N–H and O–H groups in total. The number of anilines is 1. The number of hydrogen-bond acceptors (Lipinski definition) is 5. The molecule has 3 aromatic carbocycles. The fourth-order valence-electron chi connectivity index (χ4n) is 3.43. The molecule has 4 aromatic rings. The number of nitrogens with zero attached hydrogens (tertiary/aromatic N) is 2. The Kier molecular flexibility index (Phi) is 6.50. The molecule has 0 saturated heterocycles. The first-order chi connectivity index (χ1) is 15.9. The molecule has 4 rings (SSSR count). The predicted octanol–water partition coefficient (Wildman–Crippen LogP) is 5.67. The van der Waals surface area contributed by atoms with Gasteiger partial charge in [0.05, 0.1) is 22.9 Å². The van der Waals surface area contributed by atoms with E-state index in [1.807, 2.05) is 4.90 Å². The number of ether oxygens (including phenoxy) is 1. The van der Waals surface area contributed by atoms with Gasteiger partial charge >= 0.3 is 5.97 Å². The number of benzene rings is 3. The Labute approximate surface area is 191 Å². The van der Waals surface area contributed by atoms with E-state index in [0.717, 1.165) is 5.56 Å². The van der Waals surface area contributed by atoms with Crippen LogP contribution in [0.5, 0.6) is 5.75 Å². The Balaban J connectivity index is 1.64. The minimum absolute atomic E-state index is 0.156. The van der Waals surface area contributed by atoms with Crippen molar-refractivity contribution in [2.45, 2.75) is 13.0 Å². The Morgan fingerprint density at radius 2 is 1.82 bits per heavy atom. The van der Waals surface area contributed by atoms with Crippen molar-refractivity contribution in [2.75, 3.05) is 18.6 Å². The van der Waals surface area contributed by atoms with E-state index in [1.165, 1.54) is 48.8 Å². The molecule has 1 aromatic heterocycles. The Morgan fingerprint density at radius 3 is 2.48 bits per heavy atom. The van der Waals surface area contributed by atoms with E-state index in [1.54, 1.807) is 24.3 Å². The summed E-state index contributed by atoms with van der Waals surface area (Å²) in [6, 6.07) is 13.8. The van der Waals surface area contributed by atoms with Crippen LogP contribution in [0.1, 0.15) is 21.5 Å². The van der Waals surface area contributed by atoms with Crippen LogP contribution in [0.4, 0.5) is 18.3 Å². The van der Waals surface area contributed by atoms with E-state index >= 15 is 0 Å². The molecule has 5 nitrogen and oxygen atoms in total. The molecule has 0 atom stereocenters. The first-order valence-corrected chi connectivity index (χ1v) is 10.8. The lowest BCUT2D eigenvalue weighted by atomic mass is 10.1. The summed E-state index contributed by atoms with van der Waals surface area (Å²) in [4.78, 5) is 17.5. The molecular formula is C24H19F3N2O3S. The fourth-order valence-corrected chi connectivity index (χ4v) is 4.43. The van der Waals surface area contributed by atoms with Crippen LogP contribution in [0.25, 0.3) is 10.2 Å². The second kappa shape index (κ2) is 9.50. The summed E-state index contributed by atoms with van der Waals surface area (Å²) in [6.07, 6.45) is 0.165. The topological polar surface area (TPSA) is 62.7 Å². The van der Waals surface area contributed by atoms with Gasteiger partial charge in [0.1, 0.15) is 5.82 Å². The number of halogens is 3. The maximum atomic E-state index is 14.5. The van der Waals surface area contributed by atoms with Gasteiger partial charge in [-0.3, -0.25) is 0 Å². The van der Waals surface area contributed by atoms with E-state index in [0.29, 0.717) is 21.9 Å². The highest BCUT2D eigenvalue weighted by atomic mass is 32.1. The van der Waals surface area contributed by atoms with Gasteiger partial charge in [0, 0.05) is 13.1 Å². The number of fused-ring (bicyclic) bond motifs is 1. The van der Waals surface area contributed by atoms with Crippen LogP contribution < -0.4 is 9.64 Å². The molecule has 0 spiro atoms. The van der Waals surface area contributed by atoms with Gasteiger partial charge in [0.2, 0.25) is 5.82 Å². The van der Waals surface area contributed by atoms with Crippen molar-refractivity contribution < 1.29 is 27.8 Å². The first-order valence-electron chi connectivity index (χ1n) is 10.0. The summed E-state index contributed by atoms with van der Waals surface area (Å²) < 4.78 is 48.0. The minimum Gasteiger partial charge on any atom is -0.494 e. The SMILES string of the molecule is COc1ccc(CCN(Cc2ccc(C(=O)O)cc2)c2nc3cccc(F)c3s2)c(F)c1F. The number of carboxylic acids is 1. The number of aromatic carboxylic acids is 1. The van der Waals surface area contributed by atoms with Gasteiger partial charge in [-0.25, -0.2) is 18.6 Å². The summed E-state index contributed by atoms with van der Waals surface area (Å²) in [5, 5.41) is 9.63. The Bertz CT molecular complexity index is 1310. The maximum Gasteiger partial charge on any atom is 0.335 e. The molecule has 0 fully saturated rings. The molecule has 170 valence electrons. The van der Waals surface area contributed by atoms with Gasteiger partial charge in [0.15, 0.2) is 16.7 Å². The van der Waals surface area contributed by atoms with Crippen molar-refractivity contribution in [3.8, 4) is 5.75 Å². The highest BCUT2D eigenvalue weighted by Gasteiger charge is 2.18. The minimum atomic E-state index is -1.05.